The molecule has 1 amide bonds. The van der Waals surface area contributed by atoms with Crippen LogP contribution in [0, 0.1) is 15.9 Å². The number of rotatable bonds is 7. The van der Waals surface area contributed by atoms with Crippen molar-refractivity contribution in [2.45, 2.75) is 4.90 Å². The second-order valence-corrected chi connectivity index (χ2v) is 9.78. The number of hydrogen-bond acceptors (Lipinski definition) is 6. The van der Waals surface area contributed by atoms with E-state index in [1.807, 2.05) is 4.90 Å². The summed E-state index contributed by atoms with van der Waals surface area (Å²) < 4.78 is 41.9. The quantitative estimate of drug-likeness (QED) is 0.366. The van der Waals surface area contributed by atoms with Crippen molar-refractivity contribution in [3.05, 3.63) is 94.8 Å². The number of benzene rings is 3. The summed E-state index contributed by atoms with van der Waals surface area (Å²) in [7, 11) is -4.12. The van der Waals surface area contributed by atoms with Gasteiger partial charge < -0.3 is 9.80 Å². The van der Waals surface area contributed by atoms with E-state index >= 15 is 0 Å². The predicted octanol–water partition coefficient (Wildman–Crippen LogP) is 3.28. The molecule has 1 fully saturated rings. The third-order valence-corrected chi connectivity index (χ3v) is 7.57. The van der Waals surface area contributed by atoms with Gasteiger partial charge in [0.2, 0.25) is 5.91 Å². The summed E-state index contributed by atoms with van der Waals surface area (Å²) in [6.07, 6.45) is 0. The van der Waals surface area contributed by atoms with Gasteiger partial charge in [-0.05, 0) is 36.4 Å². The fraction of sp³-hybridized carbons (Fsp3) is 0.208. The molecule has 3 aromatic carbocycles. The van der Waals surface area contributed by atoms with Gasteiger partial charge in [0.05, 0.1) is 21.2 Å². The van der Waals surface area contributed by atoms with Crippen molar-refractivity contribution in [2.24, 2.45) is 0 Å². The topological polar surface area (TPSA) is 104 Å². The highest BCUT2D eigenvalue weighted by atomic mass is 32.2. The molecular formula is C24H23FN4O5S. The minimum atomic E-state index is -4.12. The lowest BCUT2D eigenvalue weighted by Gasteiger charge is -2.37. The van der Waals surface area contributed by atoms with Gasteiger partial charge in [0, 0.05) is 38.3 Å². The molecule has 0 radical (unpaired) electrons. The Kier molecular flexibility index (Phi) is 6.97. The number of hydrogen-bond donors (Lipinski definition) is 0. The Hall–Kier alpha value is -3.99. The second-order valence-electron chi connectivity index (χ2n) is 7.92. The van der Waals surface area contributed by atoms with Gasteiger partial charge in [-0.1, -0.05) is 30.3 Å². The van der Waals surface area contributed by atoms with Gasteiger partial charge in [-0.25, -0.2) is 12.8 Å². The lowest BCUT2D eigenvalue weighted by molar-refractivity contribution is -0.384. The Balaban J connectivity index is 1.55. The Labute approximate surface area is 202 Å². The summed E-state index contributed by atoms with van der Waals surface area (Å²) in [6.45, 7) is 0.916. The monoisotopic (exact) mass is 498 g/mol. The van der Waals surface area contributed by atoms with Gasteiger partial charge in [-0.3, -0.25) is 19.2 Å². The van der Waals surface area contributed by atoms with E-state index in [4.69, 9.17) is 0 Å². The number of amides is 1. The molecule has 4 rings (SSSR count). The lowest BCUT2D eigenvalue weighted by Crippen LogP contribution is -2.52. The molecule has 0 atom stereocenters. The molecule has 1 aliphatic rings. The number of para-hydroxylation sites is 1. The van der Waals surface area contributed by atoms with Crippen molar-refractivity contribution in [3.8, 4) is 0 Å². The molecule has 35 heavy (non-hydrogen) atoms. The molecular weight excluding hydrogens is 475 g/mol. The standard InChI is InChI=1S/C24H23FN4O5S/c25-22-8-4-5-9-23(22)26-14-16-27(17-15-26)24(30)18-28(19-10-12-20(13-11-19)29(31)32)35(33,34)21-6-2-1-3-7-21/h1-13H,14-18H2. The van der Waals surface area contributed by atoms with Crippen molar-refractivity contribution >= 4 is 33.0 Å². The van der Waals surface area contributed by atoms with E-state index in [-0.39, 0.29) is 22.1 Å². The highest BCUT2D eigenvalue weighted by Crippen LogP contribution is 2.26. The number of halogens is 1. The van der Waals surface area contributed by atoms with Gasteiger partial charge in [0.1, 0.15) is 12.4 Å². The highest BCUT2D eigenvalue weighted by Gasteiger charge is 2.30. The molecule has 0 aliphatic carbocycles. The minimum absolute atomic E-state index is 0.00414. The number of nitrogens with zero attached hydrogens (tertiary/aromatic N) is 4. The Bertz CT molecular complexity index is 1310. The van der Waals surface area contributed by atoms with Gasteiger partial charge in [0.25, 0.3) is 15.7 Å². The number of piperazine rings is 1. The van der Waals surface area contributed by atoms with Crippen LogP contribution in [-0.2, 0) is 14.8 Å². The summed E-state index contributed by atoms with van der Waals surface area (Å²) in [4.78, 5) is 27.0. The van der Waals surface area contributed by atoms with Crippen LogP contribution in [0.15, 0.2) is 83.8 Å². The van der Waals surface area contributed by atoms with Gasteiger partial charge in [-0.2, -0.15) is 0 Å². The molecule has 0 spiro atoms. The summed E-state index contributed by atoms with van der Waals surface area (Å²) in [5.41, 5.74) is 0.401. The first-order chi connectivity index (χ1) is 16.8. The Morgan fingerprint density at radius 3 is 2.11 bits per heavy atom. The van der Waals surface area contributed by atoms with E-state index in [9.17, 15) is 27.7 Å². The molecule has 3 aromatic rings. The highest BCUT2D eigenvalue weighted by molar-refractivity contribution is 7.92. The SMILES string of the molecule is O=C(CN(c1ccc([N+](=O)[O-])cc1)S(=O)(=O)c1ccccc1)N1CCN(c2ccccc2F)CC1. The van der Waals surface area contributed by atoms with Crippen LogP contribution in [0.3, 0.4) is 0 Å². The molecule has 1 heterocycles. The van der Waals surface area contributed by atoms with E-state index in [2.05, 4.69) is 0 Å². The maximum Gasteiger partial charge on any atom is 0.269 e. The fourth-order valence-electron chi connectivity index (χ4n) is 3.90. The summed E-state index contributed by atoms with van der Waals surface area (Å²) in [6, 6.07) is 19.1. The molecule has 182 valence electrons. The van der Waals surface area contributed by atoms with E-state index in [0.29, 0.717) is 31.9 Å². The normalized spacial score (nSPS) is 14.0. The molecule has 0 aromatic heterocycles. The molecule has 0 bridgehead atoms. The summed E-state index contributed by atoms with van der Waals surface area (Å²) in [5, 5.41) is 11.0. The number of non-ortho nitro benzene ring substituents is 1. The Morgan fingerprint density at radius 2 is 1.51 bits per heavy atom. The van der Waals surface area contributed by atoms with Crippen LogP contribution >= 0.6 is 0 Å². The molecule has 0 unspecified atom stereocenters. The fourth-order valence-corrected chi connectivity index (χ4v) is 5.34. The third-order valence-electron chi connectivity index (χ3n) is 5.78. The number of nitro groups is 1. The van der Waals surface area contributed by atoms with Crippen LogP contribution < -0.4 is 9.21 Å². The first kappa shape index (κ1) is 24.1. The van der Waals surface area contributed by atoms with Crippen molar-refractivity contribution in [2.75, 3.05) is 41.9 Å². The lowest BCUT2D eigenvalue weighted by atomic mass is 10.2. The van der Waals surface area contributed by atoms with Crippen LogP contribution in [0.4, 0.5) is 21.5 Å². The maximum absolute atomic E-state index is 14.1. The minimum Gasteiger partial charge on any atom is -0.366 e. The van der Waals surface area contributed by atoms with E-state index in [1.165, 1.54) is 47.4 Å². The summed E-state index contributed by atoms with van der Waals surface area (Å²) in [5.74, 6) is -0.762. The van der Waals surface area contributed by atoms with Crippen molar-refractivity contribution in [3.63, 3.8) is 0 Å². The van der Waals surface area contributed by atoms with Crippen molar-refractivity contribution in [1.82, 2.24) is 4.90 Å². The van der Waals surface area contributed by atoms with Gasteiger partial charge in [0.15, 0.2) is 0 Å². The number of anilines is 2. The van der Waals surface area contributed by atoms with Gasteiger partial charge >= 0.3 is 0 Å². The number of nitro benzene ring substituents is 1. The van der Waals surface area contributed by atoms with Crippen molar-refractivity contribution < 1.29 is 22.5 Å². The number of sulfonamides is 1. The smallest absolute Gasteiger partial charge is 0.269 e. The molecule has 11 heteroatoms. The third kappa shape index (κ3) is 5.24. The zero-order chi connectivity index (χ0) is 25.0. The number of carbonyl (C=O) groups is 1. The van der Waals surface area contributed by atoms with Crippen LogP contribution in [0.25, 0.3) is 0 Å². The first-order valence-corrected chi connectivity index (χ1v) is 12.3. The predicted molar refractivity (Wildman–Crippen MR) is 129 cm³/mol. The molecule has 9 nitrogen and oxygen atoms in total. The Morgan fingerprint density at radius 1 is 0.914 bits per heavy atom. The second kappa shape index (κ2) is 10.1. The first-order valence-electron chi connectivity index (χ1n) is 10.9. The number of carbonyl (C=O) groups excluding carboxylic acids is 1. The summed E-state index contributed by atoms with van der Waals surface area (Å²) >= 11 is 0. The van der Waals surface area contributed by atoms with Crippen LogP contribution in [0.5, 0.6) is 0 Å². The zero-order valence-corrected chi connectivity index (χ0v) is 19.5. The zero-order valence-electron chi connectivity index (χ0n) is 18.7. The molecule has 1 saturated heterocycles. The average Bonchev–Trinajstić information content (AvgIpc) is 2.88. The van der Waals surface area contributed by atoms with E-state index in [0.717, 1.165) is 4.31 Å². The molecule has 1 aliphatic heterocycles. The van der Waals surface area contributed by atoms with E-state index < -0.39 is 27.4 Å². The molecule has 0 N–H and O–H groups in total. The van der Waals surface area contributed by atoms with Crippen LogP contribution in [0.2, 0.25) is 0 Å². The van der Waals surface area contributed by atoms with Gasteiger partial charge in [-0.15, -0.1) is 0 Å². The maximum atomic E-state index is 14.1. The largest absolute Gasteiger partial charge is 0.366 e. The van der Waals surface area contributed by atoms with Crippen molar-refractivity contribution in [1.29, 1.82) is 0 Å². The average molecular weight is 499 g/mol. The van der Waals surface area contributed by atoms with Crippen LogP contribution in [0.1, 0.15) is 0 Å². The molecule has 0 saturated carbocycles. The van der Waals surface area contributed by atoms with E-state index in [1.54, 1.807) is 36.4 Å². The van der Waals surface area contributed by atoms with Crippen LogP contribution in [-0.4, -0.2) is 56.9 Å².